The van der Waals surface area contributed by atoms with Gasteiger partial charge in [0.15, 0.2) is 6.61 Å². The summed E-state index contributed by atoms with van der Waals surface area (Å²) >= 11 is 3.08. The van der Waals surface area contributed by atoms with Crippen molar-refractivity contribution in [3.63, 3.8) is 0 Å². The van der Waals surface area contributed by atoms with Crippen LogP contribution in [0.4, 0.5) is 0 Å². The molecular weight excluding hydrogens is 268 g/mol. The molecule has 0 saturated heterocycles. The number of carboxylic acids is 2. The Labute approximate surface area is 93.4 Å². The topological polar surface area (TPSA) is 83.8 Å². The molecule has 0 heterocycles. The van der Waals surface area contributed by atoms with Crippen molar-refractivity contribution in [2.75, 3.05) is 6.61 Å². The first-order valence-electron chi connectivity index (χ1n) is 3.88. The van der Waals surface area contributed by atoms with Gasteiger partial charge in [-0.1, -0.05) is 0 Å². The quantitative estimate of drug-likeness (QED) is 0.872. The van der Waals surface area contributed by atoms with Crippen LogP contribution in [-0.2, 0) is 4.79 Å². The van der Waals surface area contributed by atoms with Gasteiger partial charge in [0.05, 0.1) is 10.0 Å². The molecule has 0 aromatic heterocycles. The fourth-order valence-electron chi connectivity index (χ4n) is 0.890. The summed E-state index contributed by atoms with van der Waals surface area (Å²) in [6.07, 6.45) is 0. The van der Waals surface area contributed by atoms with Crippen LogP contribution in [0.2, 0.25) is 0 Å². The van der Waals surface area contributed by atoms with E-state index in [1.54, 1.807) is 0 Å². The number of carboxylic acid groups (broad SMARTS) is 2. The lowest BCUT2D eigenvalue weighted by molar-refractivity contribution is -0.139. The normalized spacial score (nSPS) is 9.67. The molecule has 2 N–H and O–H groups in total. The second kappa shape index (κ2) is 4.79. The molecule has 0 radical (unpaired) electrons. The van der Waals surface area contributed by atoms with Crippen molar-refractivity contribution in [2.24, 2.45) is 0 Å². The van der Waals surface area contributed by atoms with E-state index in [1.807, 2.05) is 0 Å². The molecule has 0 bridgehead atoms. The van der Waals surface area contributed by atoms with Gasteiger partial charge in [-0.05, 0) is 34.1 Å². The van der Waals surface area contributed by atoms with Crippen LogP contribution in [0.5, 0.6) is 5.75 Å². The lowest BCUT2D eigenvalue weighted by atomic mass is 10.2. The number of benzene rings is 1. The number of carbonyl (C=O) groups is 2. The Hall–Kier alpha value is -1.56. The molecule has 0 spiro atoms. The third kappa shape index (κ3) is 3.25. The van der Waals surface area contributed by atoms with Gasteiger partial charge in [-0.15, -0.1) is 0 Å². The van der Waals surface area contributed by atoms with Gasteiger partial charge >= 0.3 is 11.9 Å². The van der Waals surface area contributed by atoms with Crippen LogP contribution < -0.4 is 4.74 Å². The van der Waals surface area contributed by atoms with Crippen molar-refractivity contribution < 1.29 is 24.5 Å². The number of halogens is 1. The maximum atomic E-state index is 10.6. The van der Waals surface area contributed by atoms with Crippen LogP contribution in [-0.4, -0.2) is 28.8 Å². The van der Waals surface area contributed by atoms with E-state index in [1.165, 1.54) is 18.2 Å². The molecule has 0 saturated carbocycles. The zero-order valence-electron chi connectivity index (χ0n) is 7.44. The molecule has 80 valence electrons. The summed E-state index contributed by atoms with van der Waals surface area (Å²) in [6, 6.07) is 4.08. The number of rotatable bonds is 4. The van der Waals surface area contributed by atoms with Gasteiger partial charge in [0.1, 0.15) is 5.75 Å². The lowest BCUT2D eigenvalue weighted by Gasteiger charge is -2.05. The second-order valence-electron chi connectivity index (χ2n) is 2.63. The van der Waals surface area contributed by atoms with E-state index in [-0.39, 0.29) is 5.56 Å². The molecule has 0 amide bonds. The van der Waals surface area contributed by atoms with Gasteiger partial charge in [-0.3, -0.25) is 0 Å². The summed E-state index contributed by atoms with van der Waals surface area (Å²) in [6.45, 7) is -0.467. The van der Waals surface area contributed by atoms with Gasteiger partial charge in [0, 0.05) is 0 Å². The van der Waals surface area contributed by atoms with E-state index in [2.05, 4.69) is 15.9 Å². The first kappa shape index (κ1) is 11.5. The largest absolute Gasteiger partial charge is 0.481 e. The number of hydrogen-bond acceptors (Lipinski definition) is 3. The van der Waals surface area contributed by atoms with E-state index in [9.17, 15) is 9.59 Å². The van der Waals surface area contributed by atoms with E-state index >= 15 is 0 Å². The average molecular weight is 275 g/mol. The fourth-order valence-corrected chi connectivity index (χ4v) is 1.38. The van der Waals surface area contributed by atoms with E-state index in [0.717, 1.165) is 0 Å². The third-order valence-corrected chi connectivity index (χ3v) is 2.15. The van der Waals surface area contributed by atoms with Crippen molar-refractivity contribution in [3.8, 4) is 5.75 Å². The Bertz CT molecular complexity index is 401. The predicted octanol–water partition coefficient (Wildman–Crippen LogP) is 1.61. The minimum Gasteiger partial charge on any atom is -0.481 e. The van der Waals surface area contributed by atoms with Gasteiger partial charge < -0.3 is 14.9 Å². The zero-order chi connectivity index (χ0) is 11.4. The maximum Gasteiger partial charge on any atom is 0.341 e. The summed E-state index contributed by atoms with van der Waals surface area (Å²) in [5.41, 5.74) is 0.101. The molecule has 6 heteroatoms. The first-order chi connectivity index (χ1) is 7.00. The highest BCUT2D eigenvalue weighted by atomic mass is 79.9. The van der Waals surface area contributed by atoms with Gasteiger partial charge in [-0.25, -0.2) is 9.59 Å². The van der Waals surface area contributed by atoms with E-state index in [4.69, 9.17) is 14.9 Å². The summed E-state index contributed by atoms with van der Waals surface area (Å²) in [5, 5.41) is 17.0. The lowest BCUT2D eigenvalue weighted by Crippen LogP contribution is -2.09. The number of aliphatic carboxylic acids is 1. The summed E-state index contributed by atoms with van der Waals surface area (Å²) in [5.74, 6) is -1.85. The average Bonchev–Trinajstić information content (AvgIpc) is 2.15. The second-order valence-corrected chi connectivity index (χ2v) is 3.49. The van der Waals surface area contributed by atoms with Crippen molar-refractivity contribution in [2.45, 2.75) is 0 Å². The zero-order valence-corrected chi connectivity index (χ0v) is 9.02. The molecular formula is C9H7BrO5. The minimum absolute atomic E-state index is 0.101. The van der Waals surface area contributed by atoms with Crippen molar-refractivity contribution in [3.05, 3.63) is 28.2 Å². The smallest absolute Gasteiger partial charge is 0.341 e. The number of hydrogen-bond donors (Lipinski definition) is 2. The van der Waals surface area contributed by atoms with Crippen LogP contribution in [0, 0.1) is 0 Å². The van der Waals surface area contributed by atoms with Crippen LogP contribution in [0.25, 0.3) is 0 Å². The van der Waals surface area contributed by atoms with E-state index in [0.29, 0.717) is 10.2 Å². The highest BCUT2D eigenvalue weighted by molar-refractivity contribution is 9.10. The summed E-state index contributed by atoms with van der Waals surface area (Å²) < 4.78 is 5.30. The molecule has 0 fully saturated rings. The fraction of sp³-hybridized carbons (Fsp3) is 0.111. The Morgan fingerprint density at radius 3 is 2.47 bits per heavy atom. The van der Waals surface area contributed by atoms with E-state index < -0.39 is 18.5 Å². The standard InChI is InChI=1S/C9H7BrO5/c10-6-3-5(9(13)14)1-2-7(6)15-4-8(11)12/h1-3H,4H2,(H,11,12)(H,13,14). The monoisotopic (exact) mass is 274 g/mol. The van der Waals surface area contributed by atoms with Crippen LogP contribution in [0.15, 0.2) is 22.7 Å². The maximum absolute atomic E-state index is 10.6. The number of aromatic carboxylic acids is 1. The van der Waals surface area contributed by atoms with Crippen molar-refractivity contribution in [1.82, 2.24) is 0 Å². The van der Waals surface area contributed by atoms with Crippen molar-refractivity contribution >= 4 is 27.9 Å². The molecule has 0 aliphatic rings. The first-order valence-corrected chi connectivity index (χ1v) is 4.67. The van der Waals surface area contributed by atoms with Gasteiger partial charge in [0.25, 0.3) is 0 Å². The highest BCUT2D eigenvalue weighted by Gasteiger charge is 2.08. The summed E-state index contributed by atoms with van der Waals surface area (Å²) in [7, 11) is 0. The Morgan fingerprint density at radius 1 is 1.33 bits per heavy atom. The Kier molecular flexibility index (Phi) is 3.68. The Balaban J connectivity index is 2.83. The molecule has 5 nitrogen and oxygen atoms in total. The highest BCUT2D eigenvalue weighted by Crippen LogP contribution is 2.25. The van der Waals surface area contributed by atoms with Crippen molar-refractivity contribution in [1.29, 1.82) is 0 Å². The summed E-state index contributed by atoms with van der Waals surface area (Å²) in [4.78, 5) is 20.8. The van der Waals surface area contributed by atoms with Gasteiger partial charge in [-0.2, -0.15) is 0 Å². The molecule has 1 rings (SSSR count). The molecule has 1 aromatic rings. The Morgan fingerprint density at radius 2 is 2.00 bits per heavy atom. The molecule has 1 aromatic carbocycles. The molecule has 0 aliphatic heterocycles. The third-order valence-electron chi connectivity index (χ3n) is 1.53. The van der Waals surface area contributed by atoms with Crippen LogP contribution >= 0.6 is 15.9 Å². The minimum atomic E-state index is -1.09. The SMILES string of the molecule is O=C(O)COc1ccc(C(=O)O)cc1Br. The van der Waals surface area contributed by atoms with Crippen LogP contribution in [0.1, 0.15) is 10.4 Å². The van der Waals surface area contributed by atoms with Crippen LogP contribution in [0.3, 0.4) is 0 Å². The molecule has 0 unspecified atom stereocenters. The molecule has 0 atom stereocenters. The molecule has 15 heavy (non-hydrogen) atoms. The molecule has 0 aliphatic carbocycles. The predicted molar refractivity (Wildman–Crippen MR) is 54.2 cm³/mol. The van der Waals surface area contributed by atoms with Gasteiger partial charge in [0.2, 0.25) is 0 Å². The number of ether oxygens (including phenoxy) is 1.